The van der Waals surface area contributed by atoms with E-state index in [-0.39, 0.29) is 0 Å². The Morgan fingerprint density at radius 2 is 0.625 bits per heavy atom. The Morgan fingerprint density at radius 1 is 0.281 bits per heavy atom. The van der Waals surface area contributed by atoms with Gasteiger partial charge in [-0.3, -0.25) is 0 Å². The van der Waals surface area contributed by atoms with Gasteiger partial charge in [-0.15, -0.1) is 0 Å². The smallest absolute Gasteiger partial charge is 0.0620 e. The number of hydrogen-bond acceptors (Lipinski definition) is 2. The molecule has 4 heterocycles. The second-order valence-electron chi connectivity index (χ2n) is 18.3. The molecule has 4 heteroatoms. The van der Waals surface area contributed by atoms with Crippen LogP contribution in [0.25, 0.3) is 76.2 Å². The third-order valence-electron chi connectivity index (χ3n) is 14.0. The predicted molar refractivity (Wildman–Crippen MR) is 274 cm³/mol. The first-order valence-electron chi connectivity index (χ1n) is 22.4. The number of hydrogen-bond donors (Lipinski definition) is 0. The molecule has 0 radical (unpaired) electrons. The number of fused-ring (bicyclic) bond motifs is 12. The molecule has 0 N–H and O–H groups in total. The zero-order chi connectivity index (χ0) is 43.1. The highest BCUT2D eigenvalue weighted by Crippen LogP contribution is 2.47. The van der Waals surface area contributed by atoms with Crippen LogP contribution in [-0.4, -0.2) is 8.80 Å². The molecule has 0 spiro atoms. The maximum absolute atomic E-state index is 2.53. The lowest BCUT2D eigenvalue weighted by molar-refractivity contribution is 1.23. The molecule has 0 aliphatic carbocycles. The van der Waals surface area contributed by atoms with E-state index in [9.17, 15) is 0 Å². The first-order chi connectivity index (χ1) is 31.2. The Balaban J connectivity index is 1.02. The standard InChI is InChI=1S/C60H46N4/c1-35-15-21-41(22-16-35)61(55-29-37(3)13-19-39(55)5)43-25-27-53-49(31-43)45-9-7-11-47-51-34-58-52(33-57(51)63(53)59(45)47)48-12-8-10-46-50-32-44(26-28-54(50)64(58)60(46)48)62(42-23-17-36(2)18-24-42)56-30-38(4)14-20-40(56)6/h7-34H,1-6H3. The minimum absolute atomic E-state index is 1.15. The first-order valence-corrected chi connectivity index (χ1v) is 22.4. The number of anilines is 6. The van der Waals surface area contributed by atoms with Crippen molar-refractivity contribution in [2.45, 2.75) is 41.5 Å². The van der Waals surface area contributed by atoms with Gasteiger partial charge in [0.25, 0.3) is 0 Å². The third-order valence-corrected chi connectivity index (χ3v) is 14.0. The van der Waals surface area contributed by atoms with Crippen molar-refractivity contribution in [3.8, 4) is 0 Å². The third kappa shape index (κ3) is 5.17. The van der Waals surface area contributed by atoms with Gasteiger partial charge in [0, 0.05) is 77.2 Å². The molecule has 0 aliphatic heterocycles. The molecule has 13 aromatic rings. The molecular weight excluding hydrogens is 777 g/mol. The van der Waals surface area contributed by atoms with E-state index in [2.05, 4.69) is 230 Å². The molecule has 4 aromatic heterocycles. The minimum Gasteiger partial charge on any atom is -0.310 e. The Morgan fingerprint density at radius 3 is 1.02 bits per heavy atom. The van der Waals surface area contributed by atoms with E-state index in [1.165, 1.54) is 121 Å². The van der Waals surface area contributed by atoms with Crippen LogP contribution in [0, 0.1) is 41.5 Å². The lowest BCUT2D eigenvalue weighted by Crippen LogP contribution is -2.11. The van der Waals surface area contributed by atoms with Crippen LogP contribution in [0.3, 0.4) is 0 Å². The summed E-state index contributed by atoms with van der Waals surface area (Å²) in [6, 6.07) is 64.1. The van der Waals surface area contributed by atoms with Crippen LogP contribution in [0.5, 0.6) is 0 Å². The molecule has 64 heavy (non-hydrogen) atoms. The van der Waals surface area contributed by atoms with Crippen molar-refractivity contribution in [2.24, 2.45) is 0 Å². The Kier molecular flexibility index (Phi) is 7.67. The lowest BCUT2D eigenvalue weighted by Gasteiger charge is -2.27. The SMILES string of the molecule is Cc1ccc(N(c2ccc3c(c2)c2cccc4c5cc6c(cc5n3c24)c2cccc3c4cc(N(c5ccc(C)cc5)c5cc(C)ccc5C)ccc4n6c32)c2cc(C)ccc2C)cc1. The number of nitrogens with zero attached hydrogens (tertiary/aromatic N) is 4. The number of benzene rings is 9. The lowest BCUT2D eigenvalue weighted by atomic mass is 10.0. The molecule has 0 saturated heterocycles. The molecule has 9 aromatic carbocycles. The van der Waals surface area contributed by atoms with Gasteiger partial charge in [0.2, 0.25) is 0 Å². The Bertz CT molecular complexity index is 3750. The van der Waals surface area contributed by atoms with Gasteiger partial charge >= 0.3 is 0 Å². The number of para-hydroxylation sites is 2. The van der Waals surface area contributed by atoms with Crippen LogP contribution >= 0.6 is 0 Å². The fraction of sp³-hybridized carbons (Fsp3) is 0.100. The highest BCUT2D eigenvalue weighted by atomic mass is 15.2. The van der Waals surface area contributed by atoms with E-state index in [1.54, 1.807) is 0 Å². The first kappa shape index (κ1) is 36.8. The van der Waals surface area contributed by atoms with E-state index in [1.807, 2.05) is 0 Å². The molecule has 4 nitrogen and oxygen atoms in total. The summed E-state index contributed by atoms with van der Waals surface area (Å²) in [7, 11) is 0. The quantitative estimate of drug-likeness (QED) is 0.166. The van der Waals surface area contributed by atoms with Gasteiger partial charge in [0.15, 0.2) is 0 Å². The second kappa shape index (κ2) is 13.3. The largest absolute Gasteiger partial charge is 0.310 e. The fourth-order valence-corrected chi connectivity index (χ4v) is 10.9. The van der Waals surface area contributed by atoms with Crippen LogP contribution in [0.15, 0.2) is 170 Å². The number of aryl methyl sites for hydroxylation is 6. The zero-order valence-corrected chi connectivity index (χ0v) is 37.0. The van der Waals surface area contributed by atoms with Crippen LogP contribution in [-0.2, 0) is 0 Å². The molecule has 0 amide bonds. The highest BCUT2D eigenvalue weighted by molar-refractivity contribution is 6.29. The van der Waals surface area contributed by atoms with E-state index < -0.39 is 0 Å². The van der Waals surface area contributed by atoms with Crippen molar-refractivity contribution in [1.82, 2.24) is 8.80 Å². The van der Waals surface area contributed by atoms with Crippen molar-refractivity contribution in [3.63, 3.8) is 0 Å². The number of aromatic nitrogens is 2. The summed E-state index contributed by atoms with van der Waals surface area (Å²) in [6.45, 7) is 13.1. The summed E-state index contributed by atoms with van der Waals surface area (Å²) >= 11 is 0. The normalized spacial score (nSPS) is 12.2. The van der Waals surface area contributed by atoms with Gasteiger partial charge < -0.3 is 18.6 Å². The second-order valence-corrected chi connectivity index (χ2v) is 18.3. The van der Waals surface area contributed by atoms with Gasteiger partial charge in [-0.05, 0) is 149 Å². The topological polar surface area (TPSA) is 15.3 Å². The van der Waals surface area contributed by atoms with Crippen molar-refractivity contribution >= 4 is 110 Å². The minimum atomic E-state index is 1.15. The van der Waals surface area contributed by atoms with Crippen LogP contribution < -0.4 is 9.80 Å². The molecule has 13 rings (SSSR count). The molecule has 0 saturated carbocycles. The van der Waals surface area contributed by atoms with Crippen molar-refractivity contribution in [2.75, 3.05) is 9.80 Å². The highest BCUT2D eigenvalue weighted by Gasteiger charge is 2.25. The molecule has 0 bridgehead atoms. The van der Waals surface area contributed by atoms with Gasteiger partial charge in [0.05, 0.1) is 33.1 Å². The summed E-state index contributed by atoms with van der Waals surface area (Å²) in [6.07, 6.45) is 0. The molecule has 0 unspecified atom stereocenters. The molecule has 0 atom stereocenters. The van der Waals surface area contributed by atoms with Gasteiger partial charge in [-0.2, -0.15) is 0 Å². The van der Waals surface area contributed by atoms with Crippen molar-refractivity contribution in [3.05, 3.63) is 203 Å². The summed E-state index contributed by atoms with van der Waals surface area (Å²) in [4.78, 5) is 4.85. The Labute approximate surface area is 372 Å². The Hall–Kier alpha value is -7.82. The number of rotatable bonds is 6. The maximum atomic E-state index is 2.53. The van der Waals surface area contributed by atoms with E-state index in [0.717, 1.165) is 22.7 Å². The molecular formula is C60H46N4. The van der Waals surface area contributed by atoms with E-state index in [4.69, 9.17) is 0 Å². The molecule has 306 valence electrons. The van der Waals surface area contributed by atoms with Crippen molar-refractivity contribution in [1.29, 1.82) is 0 Å². The van der Waals surface area contributed by atoms with Gasteiger partial charge in [-0.1, -0.05) is 96.1 Å². The maximum Gasteiger partial charge on any atom is 0.0620 e. The monoisotopic (exact) mass is 822 g/mol. The summed E-state index contributed by atoms with van der Waals surface area (Å²) in [5.41, 5.74) is 22.0. The summed E-state index contributed by atoms with van der Waals surface area (Å²) < 4.78 is 5.05. The van der Waals surface area contributed by atoms with Gasteiger partial charge in [0.1, 0.15) is 0 Å². The zero-order valence-electron chi connectivity index (χ0n) is 37.0. The molecule has 0 fully saturated rings. The average molecular weight is 823 g/mol. The van der Waals surface area contributed by atoms with Crippen molar-refractivity contribution < 1.29 is 0 Å². The predicted octanol–water partition coefficient (Wildman–Crippen LogP) is 16.8. The van der Waals surface area contributed by atoms with Crippen LogP contribution in [0.1, 0.15) is 33.4 Å². The van der Waals surface area contributed by atoms with Gasteiger partial charge in [-0.25, -0.2) is 0 Å². The average Bonchev–Trinajstić information content (AvgIpc) is 4.03. The molecule has 0 aliphatic rings. The van der Waals surface area contributed by atoms with Crippen LogP contribution in [0.2, 0.25) is 0 Å². The van der Waals surface area contributed by atoms with E-state index in [0.29, 0.717) is 0 Å². The van der Waals surface area contributed by atoms with Crippen LogP contribution in [0.4, 0.5) is 34.1 Å². The van der Waals surface area contributed by atoms with E-state index >= 15 is 0 Å². The fourth-order valence-electron chi connectivity index (χ4n) is 10.9. The summed E-state index contributed by atoms with van der Waals surface area (Å²) in [5.74, 6) is 0. The summed E-state index contributed by atoms with van der Waals surface area (Å²) in [5, 5.41) is 10.2.